The predicted octanol–water partition coefficient (Wildman–Crippen LogP) is 4.26. The molecule has 1 amide bonds. The summed E-state index contributed by atoms with van der Waals surface area (Å²) in [5.74, 6) is 0.982. The molecule has 0 aliphatic carbocycles. The van der Waals surface area contributed by atoms with Crippen molar-refractivity contribution in [2.45, 2.75) is 6.42 Å². The van der Waals surface area contributed by atoms with Crippen LogP contribution in [0.15, 0.2) is 47.1 Å². The monoisotopic (exact) mass is 370 g/mol. The number of halogens is 1. The summed E-state index contributed by atoms with van der Waals surface area (Å²) >= 11 is 6.36. The van der Waals surface area contributed by atoms with Crippen LogP contribution in [0.4, 0.5) is 0 Å². The van der Waals surface area contributed by atoms with Crippen LogP contribution >= 0.6 is 11.6 Å². The molecule has 6 heteroatoms. The Morgan fingerprint density at radius 2 is 2.27 bits per heavy atom. The van der Waals surface area contributed by atoms with E-state index in [0.29, 0.717) is 46.6 Å². The second-order valence-electron chi connectivity index (χ2n) is 6.53. The molecule has 1 aliphatic heterocycles. The molecule has 2 aromatic heterocycles. The summed E-state index contributed by atoms with van der Waals surface area (Å²) in [5, 5.41) is 1.27. The summed E-state index contributed by atoms with van der Waals surface area (Å²) < 4.78 is 10.7. The first-order valence-corrected chi connectivity index (χ1v) is 8.96. The van der Waals surface area contributed by atoms with Crippen LogP contribution in [0.25, 0.3) is 22.4 Å². The van der Waals surface area contributed by atoms with Crippen LogP contribution in [-0.2, 0) is 4.74 Å². The number of nitrogens with zero attached hydrogens (tertiary/aromatic N) is 2. The normalized spacial score (nSPS) is 17.2. The van der Waals surface area contributed by atoms with Gasteiger partial charge in [0.15, 0.2) is 5.76 Å². The summed E-state index contributed by atoms with van der Waals surface area (Å²) in [6, 6.07) is 10.9. The lowest BCUT2D eigenvalue weighted by atomic mass is 10.1. The van der Waals surface area contributed by atoms with E-state index in [-0.39, 0.29) is 5.91 Å². The van der Waals surface area contributed by atoms with Crippen molar-refractivity contribution < 1.29 is 13.9 Å². The molecule has 1 saturated heterocycles. The van der Waals surface area contributed by atoms with E-state index in [2.05, 4.69) is 4.98 Å². The Kier molecular flexibility index (Phi) is 4.66. The second-order valence-corrected chi connectivity index (χ2v) is 6.94. The number of fused-ring (bicyclic) bond motifs is 1. The zero-order chi connectivity index (χ0) is 18.1. The SMILES string of the molecule is COC[C@H]1CCN(C(=O)c2cc(-c3ccco3)nc3c(Cl)cccc23)C1. The fourth-order valence-corrected chi connectivity index (χ4v) is 3.72. The lowest BCUT2D eigenvalue weighted by molar-refractivity contribution is 0.0777. The van der Waals surface area contributed by atoms with Gasteiger partial charge in [0.1, 0.15) is 5.69 Å². The molecule has 3 aromatic rings. The first-order chi connectivity index (χ1) is 12.7. The number of hydrogen-bond acceptors (Lipinski definition) is 4. The maximum Gasteiger partial charge on any atom is 0.254 e. The number of hydrogen-bond donors (Lipinski definition) is 0. The minimum absolute atomic E-state index is 0.00826. The predicted molar refractivity (Wildman–Crippen MR) is 100 cm³/mol. The number of carbonyl (C=O) groups is 1. The van der Waals surface area contributed by atoms with Gasteiger partial charge >= 0.3 is 0 Å². The van der Waals surface area contributed by atoms with E-state index in [1.54, 1.807) is 31.6 Å². The van der Waals surface area contributed by atoms with Crippen LogP contribution in [0.5, 0.6) is 0 Å². The molecule has 0 radical (unpaired) electrons. The van der Waals surface area contributed by atoms with Gasteiger partial charge in [-0.15, -0.1) is 0 Å². The molecular weight excluding hydrogens is 352 g/mol. The highest BCUT2D eigenvalue weighted by atomic mass is 35.5. The number of aromatic nitrogens is 1. The van der Waals surface area contributed by atoms with Gasteiger partial charge in [-0.3, -0.25) is 4.79 Å². The highest BCUT2D eigenvalue weighted by Crippen LogP contribution is 2.31. The van der Waals surface area contributed by atoms with Gasteiger partial charge in [-0.1, -0.05) is 23.7 Å². The van der Waals surface area contributed by atoms with Crippen molar-refractivity contribution in [2.24, 2.45) is 5.92 Å². The zero-order valence-electron chi connectivity index (χ0n) is 14.4. The summed E-state index contributed by atoms with van der Waals surface area (Å²) in [5.41, 5.74) is 1.81. The van der Waals surface area contributed by atoms with Gasteiger partial charge in [-0.2, -0.15) is 0 Å². The van der Waals surface area contributed by atoms with Crippen molar-refractivity contribution >= 4 is 28.4 Å². The van der Waals surface area contributed by atoms with E-state index in [9.17, 15) is 4.79 Å². The Labute approximate surface area is 156 Å². The van der Waals surface area contributed by atoms with Gasteiger partial charge in [0.2, 0.25) is 0 Å². The number of likely N-dealkylation sites (tertiary alicyclic amines) is 1. The average Bonchev–Trinajstić information content (AvgIpc) is 3.33. The average molecular weight is 371 g/mol. The Hall–Kier alpha value is -2.37. The van der Waals surface area contributed by atoms with E-state index in [1.165, 1.54) is 0 Å². The first kappa shape index (κ1) is 17.1. The largest absolute Gasteiger partial charge is 0.463 e. The van der Waals surface area contributed by atoms with Gasteiger partial charge in [0, 0.05) is 31.5 Å². The zero-order valence-corrected chi connectivity index (χ0v) is 15.2. The van der Waals surface area contributed by atoms with Gasteiger partial charge in [-0.25, -0.2) is 4.98 Å². The first-order valence-electron chi connectivity index (χ1n) is 8.58. The van der Waals surface area contributed by atoms with E-state index in [1.807, 2.05) is 23.1 Å². The van der Waals surface area contributed by atoms with Crippen molar-refractivity contribution in [2.75, 3.05) is 26.8 Å². The fourth-order valence-electron chi connectivity index (χ4n) is 3.50. The van der Waals surface area contributed by atoms with Gasteiger partial charge < -0.3 is 14.1 Å². The molecule has 3 heterocycles. The third-order valence-electron chi connectivity index (χ3n) is 4.77. The fraction of sp³-hybridized carbons (Fsp3) is 0.300. The maximum absolute atomic E-state index is 13.2. The van der Waals surface area contributed by atoms with Crippen LogP contribution < -0.4 is 0 Å². The summed E-state index contributed by atoms with van der Waals surface area (Å²) in [6.45, 7) is 2.10. The molecule has 0 N–H and O–H groups in total. The number of carbonyl (C=O) groups excluding carboxylic acids is 1. The van der Waals surface area contributed by atoms with Crippen molar-refractivity contribution in [3.63, 3.8) is 0 Å². The number of benzene rings is 1. The molecule has 0 saturated carbocycles. The van der Waals surface area contributed by atoms with Crippen LogP contribution in [-0.4, -0.2) is 42.6 Å². The van der Waals surface area contributed by atoms with Gasteiger partial charge in [-0.05, 0) is 30.7 Å². The quantitative estimate of drug-likeness (QED) is 0.688. The summed E-state index contributed by atoms with van der Waals surface area (Å²) in [6.07, 6.45) is 2.54. The Morgan fingerprint density at radius 3 is 3.04 bits per heavy atom. The van der Waals surface area contributed by atoms with Crippen molar-refractivity contribution in [3.05, 3.63) is 53.2 Å². The van der Waals surface area contributed by atoms with E-state index in [4.69, 9.17) is 20.8 Å². The van der Waals surface area contributed by atoms with Crippen LogP contribution in [0.2, 0.25) is 5.02 Å². The van der Waals surface area contributed by atoms with E-state index >= 15 is 0 Å². The maximum atomic E-state index is 13.2. The lowest BCUT2D eigenvalue weighted by Gasteiger charge is -2.18. The Bertz CT molecular complexity index is 940. The van der Waals surface area contributed by atoms with E-state index in [0.717, 1.165) is 18.4 Å². The molecule has 134 valence electrons. The van der Waals surface area contributed by atoms with Crippen molar-refractivity contribution in [3.8, 4) is 11.5 Å². The minimum atomic E-state index is -0.00826. The molecule has 4 rings (SSSR count). The molecule has 0 unspecified atom stereocenters. The standard InChI is InChI=1S/C20H19ClN2O3/c1-25-12-13-7-8-23(11-13)20(24)15-10-17(18-6-3-9-26-18)22-19-14(15)4-2-5-16(19)21/h2-6,9-10,13H,7-8,11-12H2,1H3/t13-/m0/s1. The minimum Gasteiger partial charge on any atom is -0.463 e. The topological polar surface area (TPSA) is 55.6 Å². The number of furan rings is 1. The third-order valence-corrected chi connectivity index (χ3v) is 5.07. The van der Waals surface area contributed by atoms with Crippen molar-refractivity contribution in [1.29, 1.82) is 0 Å². The highest BCUT2D eigenvalue weighted by Gasteiger charge is 2.28. The number of rotatable bonds is 4. The van der Waals surface area contributed by atoms with E-state index < -0.39 is 0 Å². The number of amides is 1. The molecule has 1 fully saturated rings. The number of methoxy groups -OCH3 is 1. The van der Waals surface area contributed by atoms with Crippen LogP contribution in [0.3, 0.4) is 0 Å². The molecule has 5 nitrogen and oxygen atoms in total. The smallest absolute Gasteiger partial charge is 0.254 e. The molecule has 1 atom stereocenters. The third kappa shape index (κ3) is 3.08. The molecular formula is C20H19ClN2O3. The highest BCUT2D eigenvalue weighted by molar-refractivity contribution is 6.35. The van der Waals surface area contributed by atoms with Crippen molar-refractivity contribution in [1.82, 2.24) is 9.88 Å². The molecule has 0 bridgehead atoms. The van der Waals surface area contributed by atoms with Gasteiger partial charge in [0.05, 0.1) is 29.0 Å². The number of para-hydroxylation sites is 1. The number of ether oxygens (including phenoxy) is 1. The van der Waals surface area contributed by atoms with Gasteiger partial charge in [0.25, 0.3) is 5.91 Å². The summed E-state index contributed by atoms with van der Waals surface area (Å²) in [7, 11) is 1.69. The second kappa shape index (κ2) is 7.09. The Balaban J connectivity index is 1.78. The molecule has 26 heavy (non-hydrogen) atoms. The van der Waals surface area contributed by atoms with Crippen LogP contribution in [0.1, 0.15) is 16.8 Å². The Morgan fingerprint density at radius 1 is 1.38 bits per heavy atom. The molecule has 0 spiro atoms. The van der Waals surface area contributed by atoms with Crippen LogP contribution in [0, 0.1) is 5.92 Å². The molecule has 1 aliphatic rings. The number of pyridine rings is 1. The lowest BCUT2D eigenvalue weighted by Crippen LogP contribution is -2.29. The molecule has 1 aromatic carbocycles. The summed E-state index contributed by atoms with van der Waals surface area (Å²) in [4.78, 5) is 19.7.